The molecule has 1 saturated carbocycles. The van der Waals surface area contributed by atoms with Gasteiger partial charge in [0, 0.05) is 17.5 Å². The topological polar surface area (TPSA) is 64.4 Å². The standard InChI is InChI=1S/C24H27N3O3S/c1-30-18-10-8-17(9-11-18)21-13-19-23(31-21)24(29)26(15-25-19)14-22(28)27-12-4-6-16-5-2-3-7-20(16)27/h8-11,13,15-16,20H,2-7,12,14H2,1H3. The van der Waals surface area contributed by atoms with Gasteiger partial charge in [-0.15, -0.1) is 11.3 Å². The first-order chi connectivity index (χ1) is 15.1. The fourth-order valence-corrected chi connectivity index (χ4v) is 6.19. The minimum absolute atomic E-state index is 0.0479. The summed E-state index contributed by atoms with van der Waals surface area (Å²) in [5, 5.41) is 0. The van der Waals surface area contributed by atoms with E-state index >= 15 is 0 Å². The highest BCUT2D eigenvalue weighted by atomic mass is 32.1. The lowest BCUT2D eigenvalue weighted by molar-refractivity contribution is -0.138. The fraction of sp³-hybridized carbons (Fsp3) is 0.458. The van der Waals surface area contributed by atoms with Crippen LogP contribution in [0.4, 0.5) is 0 Å². The number of fused-ring (bicyclic) bond motifs is 2. The molecule has 1 aromatic carbocycles. The quantitative estimate of drug-likeness (QED) is 0.610. The van der Waals surface area contributed by atoms with E-state index in [-0.39, 0.29) is 18.0 Å². The van der Waals surface area contributed by atoms with Crippen LogP contribution in [-0.4, -0.2) is 40.1 Å². The van der Waals surface area contributed by atoms with Gasteiger partial charge in [-0.1, -0.05) is 12.8 Å². The van der Waals surface area contributed by atoms with Crippen molar-refractivity contribution in [3.8, 4) is 16.2 Å². The van der Waals surface area contributed by atoms with Crippen molar-refractivity contribution in [2.45, 2.75) is 51.1 Å². The Balaban J connectivity index is 1.39. The molecule has 1 saturated heterocycles. The number of rotatable bonds is 4. The number of ether oxygens (including phenoxy) is 1. The predicted octanol–water partition coefficient (Wildman–Crippen LogP) is 4.31. The van der Waals surface area contributed by atoms with Gasteiger partial charge in [0.2, 0.25) is 5.91 Å². The second-order valence-electron chi connectivity index (χ2n) is 8.57. The lowest BCUT2D eigenvalue weighted by Crippen LogP contribution is -2.51. The van der Waals surface area contributed by atoms with Crippen molar-refractivity contribution in [1.29, 1.82) is 0 Å². The Labute approximate surface area is 185 Å². The molecule has 1 aliphatic carbocycles. The monoisotopic (exact) mass is 437 g/mol. The summed E-state index contributed by atoms with van der Waals surface area (Å²) in [6.07, 6.45) is 8.61. The maximum Gasteiger partial charge on any atom is 0.271 e. The zero-order valence-corrected chi connectivity index (χ0v) is 18.6. The molecule has 1 aliphatic heterocycles. The minimum Gasteiger partial charge on any atom is -0.497 e. The first-order valence-electron chi connectivity index (χ1n) is 11.1. The van der Waals surface area contributed by atoms with E-state index in [1.165, 1.54) is 47.9 Å². The van der Waals surface area contributed by atoms with Gasteiger partial charge in [0.15, 0.2) is 0 Å². The number of aromatic nitrogens is 2. The first kappa shape index (κ1) is 20.2. The normalized spacial score (nSPS) is 21.1. The van der Waals surface area contributed by atoms with Crippen LogP contribution in [0.3, 0.4) is 0 Å². The Morgan fingerprint density at radius 2 is 1.94 bits per heavy atom. The Bertz CT molecular complexity index is 1150. The van der Waals surface area contributed by atoms with Crippen LogP contribution in [0, 0.1) is 5.92 Å². The SMILES string of the molecule is COc1ccc(-c2cc3ncn(CC(=O)N4CCCC5CCCCC54)c(=O)c3s2)cc1. The van der Waals surface area contributed by atoms with E-state index in [1.807, 2.05) is 35.2 Å². The highest BCUT2D eigenvalue weighted by molar-refractivity contribution is 7.22. The molecule has 31 heavy (non-hydrogen) atoms. The van der Waals surface area contributed by atoms with Gasteiger partial charge in [-0.05, 0) is 67.5 Å². The molecule has 2 aliphatic rings. The molecular formula is C24H27N3O3S. The summed E-state index contributed by atoms with van der Waals surface area (Å²) >= 11 is 1.42. The van der Waals surface area contributed by atoms with Crippen LogP contribution in [0.25, 0.3) is 20.7 Å². The summed E-state index contributed by atoms with van der Waals surface area (Å²) in [5.74, 6) is 1.47. The number of carbonyl (C=O) groups excluding carboxylic acids is 1. The van der Waals surface area contributed by atoms with Gasteiger partial charge in [-0.2, -0.15) is 0 Å². The van der Waals surface area contributed by atoms with Gasteiger partial charge in [0.05, 0.1) is 19.0 Å². The zero-order valence-electron chi connectivity index (χ0n) is 17.8. The average molecular weight is 438 g/mol. The van der Waals surface area contributed by atoms with E-state index in [2.05, 4.69) is 4.98 Å². The zero-order chi connectivity index (χ0) is 21.4. The Morgan fingerprint density at radius 1 is 1.16 bits per heavy atom. The molecule has 2 unspecified atom stereocenters. The van der Waals surface area contributed by atoms with Gasteiger partial charge >= 0.3 is 0 Å². The van der Waals surface area contributed by atoms with Crippen LogP contribution in [0.5, 0.6) is 5.75 Å². The van der Waals surface area contributed by atoms with E-state index < -0.39 is 0 Å². The molecule has 3 heterocycles. The van der Waals surface area contributed by atoms with Crippen LogP contribution < -0.4 is 10.3 Å². The van der Waals surface area contributed by atoms with Gasteiger partial charge in [0.1, 0.15) is 17.0 Å². The van der Waals surface area contributed by atoms with Crippen molar-refractivity contribution < 1.29 is 9.53 Å². The molecule has 0 radical (unpaired) electrons. The molecule has 1 amide bonds. The van der Waals surface area contributed by atoms with Crippen LogP contribution in [0.15, 0.2) is 41.5 Å². The van der Waals surface area contributed by atoms with Crippen LogP contribution in [-0.2, 0) is 11.3 Å². The van der Waals surface area contributed by atoms with Crippen LogP contribution in [0.1, 0.15) is 38.5 Å². The second kappa shape index (κ2) is 8.46. The summed E-state index contributed by atoms with van der Waals surface area (Å²) in [5.41, 5.74) is 1.55. The number of benzene rings is 1. The lowest BCUT2D eigenvalue weighted by Gasteiger charge is -2.44. The summed E-state index contributed by atoms with van der Waals surface area (Å²) < 4.78 is 7.29. The Hall–Kier alpha value is -2.67. The molecule has 0 bridgehead atoms. The Morgan fingerprint density at radius 3 is 2.74 bits per heavy atom. The number of carbonyl (C=O) groups is 1. The predicted molar refractivity (Wildman–Crippen MR) is 123 cm³/mol. The number of nitrogens with zero attached hydrogens (tertiary/aromatic N) is 3. The molecule has 3 aromatic rings. The number of amides is 1. The number of hydrogen-bond acceptors (Lipinski definition) is 5. The van der Waals surface area contributed by atoms with Crippen molar-refractivity contribution in [1.82, 2.24) is 14.5 Å². The molecule has 2 atom stereocenters. The van der Waals surface area contributed by atoms with Crippen LogP contribution in [0.2, 0.25) is 0 Å². The average Bonchev–Trinajstić information content (AvgIpc) is 3.26. The largest absolute Gasteiger partial charge is 0.497 e. The summed E-state index contributed by atoms with van der Waals surface area (Å²) in [4.78, 5) is 33.7. The highest BCUT2D eigenvalue weighted by Gasteiger charge is 2.35. The molecule has 2 fully saturated rings. The molecule has 5 rings (SSSR count). The summed E-state index contributed by atoms with van der Waals surface area (Å²) in [6, 6.07) is 10.0. The van der Waals surface area contributed by atoms with E-state index in [1.54, 1.807) is 7.11 Å². The molecule has 162 valence electrons. The van der Waals surface area contributed by atoms with E-state index in [0.29, 0.717) is 22.2 Å². The maximum absolute atomic E-state index is 13.1. The van der Waals surface area contributed by atoms with Gasteiger partial charge < -0.3 is 9.64 Å². The van der Waals surface area contributed by atoms with Crippen molar-refractivity contribution in [2.24, 2.45) is 5.92 Å². The smallest absolute Gasteiger partial charge is 0.271 e. The van der Waals surface area contributed by atoms with Crippen molar-refractivity contribution in [3.05, 3.63) is 47.0 Å². The van der Waals surface area contributed by atoms with Crippen molar-refractivity contribution >= 4 is 27.5 Å². The third-order valence-electron chi connectivity index (χ3n) is 6.75. The van der Waals surface area contributed by atoms with Gasteiger partial charge in [-0.3, -0.25) is 14.2 Å². The molecule has 7 heteroatoms. The summed E-state index contributed by atoms with van der Waals surface area (Å²) in [7, 11) is 1.64. The van der Waals surface area contributed by atoms with E-state index in [4.69, 9.17) is 4.74 Å². The molecular weight excluding hydrogens is 410 g/mol. The summed E-state index contributed by atoms with van der Waals surface area (Å²) in [6.45, 7) is 0.881. The van der Waals surface area contributed by atoms with Gasteiger partial charge in [-0.25, -0.2) is 4.98 Å². The number of methoxy groups -OCH3 is 1. The van der Waals surface area contributed by atoms with Crippen molar-refractivity contribution in [3.63, 3.8) is 0 Å². The van der Waals surface area contributed by atoms with E-state index in [9.17, 15) is 9.59 Å². The third kappa shape index (κ3) is 3.87. The number of thiophene rings is 1. The molecule has 0 N–H and O–H groups in total. The van der Waals surface area contributed by atoms with Crippen molar-refractivity contribution in [2.75, 3.05) is 13.7 Å². The minimum atomic E-state index is -0.139. The fourth-order valence-electron chi connectivity index (χ4n) is 5.13. The van der Waals surface area contributed by atoms with Gasteiger partial charge in [0.25, 0.3) is 5.56 Å². The first-order valence-corrected chi connectivity index (χ1v) is 11.9. The lowest BCUT2D eigenvalue weighted by atomic mass is 9.78. The molecule has 0 spiro atoms. The molecule has 6 nitrogen and oxygen atoms in total. The van der Waals surface area contributed by atoms with Crippen LogP contribution >= 0.6 is 11.3 Å². The second-order valence-corrected chi connectivity index (χ2v) is 9.62. The highest BCUT2D eigenvalue weighted by Crippen LogP contribution is 2.35. The number of likely N-dealkylation sites (tertiary alicyclic amines) is 1. The Kier molecular flexibility index (Phi) is 5.52. The van der Waals surface area contributed by atoms with E-state index in [0.717, 1.165) is 35.6 Å². The third-order valence-corrected chi connectivity index (χ3v) is 7.91. The maximum atomic E-state index is 13.1. The number of hydrogen-bond donors (Lipinski definition) is 0. The molecule has 2 aromatic heterocycles. The number of piperidine rings is 1.